The number of hydrogen-bond acceptors (Lipinski definition) is 2. The number of hydrogen-bond donors (Lipinski definition) is 1. The van der Waals surface area contributed by atoms with Gasteiger partial charge in [0.1, 0.15) is 6.04 Å². The molecule has 4 heteroatoms. The summed E-state index contributed by atoms with van der Waals surface area (Å²) in [6, 6.07) is 2.40. The van der Waals surface area contributed by atoms with Gasteiger partial charge in [-0.05, 0) is 25.0 Å². The first-order chi connectivity index (χ1) is 6.56. The number of nitrogens with zero attached hydrogens (tertiary/aromatic N) is 1. The van der Waals surface area contributed by atoms with E-state index in [4.69, 9.17) is 5.11 Å². The van der Waals surface area contributed by atoms with E-state index in [2.05, 4.69) is 0 Å². The molecule has 0 fully saturated rings. The Kier molecular flexibility index (Phi) is 3.06. The Labute approximate surface area is 81.8 Å². The molecule has 1 N–H and O–H groups in total. The SMILES string of the molecule is CCC(C(=O)O)n1ccc(C)cc1=O. The van der Waals surface area contributed by atoms with Crippen LogP contribution in [0, 0.1) is 6.92 Å². The summed E-state index contributed by atoms with van der Waals surface area (Å²) in [5, 5.41) is 8.86. The summed E-state index contributed by atoms with van der Waals surface area (Å²) in [6.07, 6.45) is 1.93. The van der Waals surface area contributed by atoms with Gasteiger partial charge in [0, 0.05) is 12.3 Å². The minimum Gasteiger partial charge on any atom is -0.480 e. The van der Waals surface area contributed by atoms with Crippen molar-refractivity contribution in [1.29, 1.82) is 0 Å². The third kappa shape index (κ3) is 2.02. The lowest BCUT2D eigenvalue weighted by Gasteiger charge is -2.13. The lowest BCUT2D eigenvalue weighted by molar-refractivity contribution is -0.141. The second-order valence-corrected chi connectivity index (χ2v) is 3.21. The first-order valence-corrected chi connectivity index (χ1v) is 4.48. The second kappa shape index (κ2) is 4.09. The van der Waals surface area contributed by atoms with Crippen LogP contribution in [0.4, 0.5) is 0 Å². The summed E-state index contributed by atoms with van der Waals surface area (Å²) >= 11 is 0. The zero-order valence-corrected chi connectivity index (χ0v) is 8.23. The Morgan fingerprint density at radius 1 is 1.64 bits per heavy atom. The largest absolute Gasteiger partial charge is 0.480 e. The minimum absolute atomic E-state index is 0.265. The van der Waals surface area contributed by atoms with Crippen LogP contribution in [0.5, 0.6) is 0 Å². The van der Waals surface area contributed by atoms with Crippen molar-refractivity contribution < 1.29 is 9.90 Å². The maximum Gasteiger partial charge on any atom is 0.326 e. The lowest BCUT2D eigenvalue weighted by atomic mass is 10.2. The fourth-order valence-corrected chi connectivity index (χ4v) is 1.34. The van der Waals surface area contributed by atoms with Gasteiger partial charge in [0.15, 0.2) is 0 Å². The van der Waals surface area contributed by atoms with Crippen molar-refractivity contribution in [2.45, 2.75) is 26.3 Å². The summed E-state index contributed by atoms with van der Waals surface area (Å²) in [4.78, 5) is 22.3. The molecule has 4 nitrogen and oxygen atoms in total. The van der Waals surface area contributed by atoms with Gasteiger partial charge in [0.05, 0.1) is 0 Å². The van der Waals surface area contributed by atoms with Crippen molar-refractivity contribution in [3.05, 3.63) is 34.2 Å². The Morgan fingerprint density at radius 3 is 2.71 bits per heavy atom. The zero-order chi connectivity index (χ0) is 10.7. The van der Waals surface area contributed by atoms with Crippen molar-refractivity contribution in [1.82, 2.24) is 4.57 Å². The molecular formula is C10H13NO3. The van der Waals surface area contributed by atoms with Gasteiger partial charge < -0.3 is 9.67 Å². The summed E-state index contributed by atoms with van der Waals surface area (Å²) in [5.74, 6) is -0.974. The van der Waals surface area contributed by atoms with Gasteiger partial charge in [-0.3, -0.25) is 4.79 Å². The van der Waals surface area contributed by atoms with Crippen LogP contribution in [0.3, 0.4) is 0 Å². The summed E-state index contributed by atoms with van der Waals surface area (Å²) < 4.78 is 1.25. The zero-order valence-electron chi connectivity index (χ0n) is 8.23. The number of carbonyl (C=O) groups is 1. The normalized spacial score (nSPS) is 12.4. The van der Waals surface area contributed by atoms with Crippen LogP contribution >= 0.6 is 0 Å². The van der Waals surface area contributed by atoms with Crippen molar-refractivity contribution in [2.24, 2.45) is 0 Å². The maximum atomic E-state index is 11.4. The Hall–Kier alpha value is -1.58. The average molecular weight is 195 g/mol. The number of pyridine rings is 1. The van der Waals surface area contributed by atoms with Gasteiger partial charge in [0.25, 0.3) is 5.56 Å². The van der Waals surface area contributed by atoms with Crippen LogP contribution in [0.15, 0.2) is 23.1 Å². The van der Waals surface area contributed by atoms with Crippen LogP contribution in [0.1, 0.15) is 24.9 Å². The van der Waals surface area contributed by atoms with Gasteiger partial charge >= 0.3 is 5.97 Å². The molecule has 0 saturated heterocycles. The van der Waals surface area contributed by atoms with Crippen molar-refractivity contribution >= 4 is 5.97 Å². The predicted octanol–water partition coefficient (Wildman–Crippen LogP) is 1.19. The van der Waals surface area contributed by atoms with Gasteiger partial charge in [-0.2, -0.15) is 0 Å². The molecule has 1 heterocycles. The van der Waals surface area contributed by atoms with E-state index >= 15 is 0 Å². The van der Waals surface area contributed by atoms with E-state index in [1.807, 2.05) is 0 Å². The first-order valence-electron chi connectivity index (χ1n) is 4.48. The second-order valence-electron chi connectivity index (χ2n) is 3.21. The predicted molar refractivity (Wildman–Crippen MR) is 52.4 cm³/mol. The van der Waals surface area contributed by atoms with Gasteiger partial charge in [-0.15, -0.1) is 0 Å². The maximum absolute atomic E-state index is 11.4. The Morgan fingerprint density at radius 2 is 2.29 bits per heavy atom. The molecule has 0 aliphatic rings. The minimum atomic E-state index is -0.974. The molecule has 0 radical (unpaired) electrons. The summed E-state index contributed by atoms with van der Waals surface area (Å²) in [5.41, 5.74) is 0.575. The Balaban J connectivity index is 3.18. The van der Waals surface area contributed by atoms with Crippen LogP contribution in [-0.2, 0) is 4.79 Å². The monoisotopic (exact) mass is 195 g/mol. The molecule has 76 valence electrons. The van der Waals surface area contributed by atoms with E-state index in [0.717, 1.165) is 5.56 Å². The molecular weight excluding hydrogens is 182 g/mol. The third-order valence-electron chi connectivity index (χ3n) is 2.11. The number of aryl methyl sites for hydroxylation is 1. The van der Waals surface area contributed by atoms with Crippen molar-refractivity contribution in [3.63, 3.8) is 0 Å². The molecule has 1 aromatic heterocycles. The molecule has 1 unspecified atom stereocenters. The Bertz CT molecular complexity index is 395. The van der Waals surface area contributed by atoms with Crippen molar-refractivity contribution in [3.8, 4) is 0 Å². The van der Waals surface area contributed by atoms with E-state index < -0.39 is 12.0 Å². The average Bonchev–Trinajstić information content (AvgIpc) is 2.09. The van der Waals surface area contributed by atoms with Gasteiger partial charge in [0.2, 0.25) is 0 Å². The standard InChI is InChI=1S/C10H13NO3/c1-3-8(10(13)14)11-5-4-7(2)6-9(11)12/h4-6,8H,3H2,1-2H3,(H,13,14). The molecule has 0 aliphatic heterocycles. The number of rotatable bonds is 3. The third-order valence-corrected chi connectivity index (χ3v) is 2.11. The molecule has 0 amide bonds. The topological polar surface area (TPSA) is 59.3 Å². The highest BCUT2D eigenvalue weighted by molar-refractivity contribution is 5.71. The molecule has 0 bridgehead atoms. The highest BCUT2D eigenvalue weighted by Gasteiger charge is 2.17. The fraction of sp³-hybridized carbons (Fsp3) is 0.400. The molecule has 0 aliphatic carbocycles. The fourth-order valence-electron chi connectivity index (χ4n) is 1.34. The summed E-state index contributed by atoms with van der Waals surface area (Å²) in [7, 11) is 0. The quantitative estimate of drug-likeness (QED) is 0.788. The molecule has 0 spiro atoms. The number of carboxylic acid groups (broad SMARTS) is 1. The van der Waals surface area contributed by atoms with E-state index in [0.29, 0.717) is 6.42 Å². The van der Waals surface area contributed by atoms with Gasteiger partial charge in [-0.25, -0.2) is 4.79 Å². The van der Waals surface area contributed by atoms with E-state index in [-0.39, 0.29) is 5.56 Å². The lowest BCUT2D eigenvalue weighted by Crippen LogP contribution is -2.28. The molecule has 0 aromatic carbocycles. The van der Waals surface area contributed by atoms with Crippen molar-refractivity contribution in [2.75, 3.05) is 0 Å². The number of aromatic nitrogens is 1. The van der Waals surface area contributed by atoms with Crippen LogP contribution in [-0.4, -0.2) is 15.6 Å². The highest BCUT2D eigenvalue weighted by atomic mass is 16.4. The highest BCUT2D eigenvalue weighted by Crippen LogP contribution is 2.08. The summed E-state index contributed by atoms with van der Waals surface area (Å²) in [6.45, 7) is 3.54. The van der Waals surface area contributed by atoms with E-state index in [9.17, 15) is 9.59 Å². The van der Waals surface area contributed by atoms with Crippen LogP contribution in [0.2, 0.25) is 0 Å². The number of aliphatic carboxylic acids is 1. The first kappa shape index (κ1) is 10.5. The van der Waals surface area contributed by atoms with E-state index in [1.165, 1.54) is 16.8 Å². The molecule has 0 saturated carbocycles. The molecule has 1 atom stereocenters. The molecule has 1 rings (SSSR count). The van der Waals surface area contributed by atoms with Gasteiger partial charge in [-0.1, -0.05) is 6.92 Å². The van der Waals surface area contributed by atoms with Crippen LogP contribution < -0.4 is 5.56 Å². The van der Waals surface area contributed by atoms with Crippen LogP contribution in [0.25, 0.3) is 0 Å². The molecule has 1 aromatic rings. The smallest absolute Gasteiger partial charge is 0.326 e. The van der Waals surface area contributed by atoms with E-state index in [1.54, 1.807) is 19.9 Å². The molecule has 14 heavy (non-hydrogen) atoms. The number of carboxylic acids is 1.